The van der Waals surface area contributed by atoms with Crippen LogP contribution in [0.2, 0.25) is 5.02 Å². The van der Waals surface area contributed by atoms with Gasteiger partial charge in [0.25, 0.3) is 0 Å². The molecule has 0 saturated heterocycles. The zero-order valence-corrected chi connectivity index (χ0v) is 12.2. The minimum atomic E-state index is -0.400. The van der Waals surface area contributed by atoms with E-state index in [4.69, 9.17) is 23.2 Å². The quantitative estimate of drug-likeness (QED) is 0.719. The first-order chi connectivity index (χ1) is 9.10. The van der Waals surface area contributed by atoms with E-state index >= 15 is 0 Å². The van der Waals surface area contributed by atoms with E-state index < -0.39 is 5.82 Å². The second-order valence-corrected chi connectivity index (χ2v) is 6.03. The van der Waals surface area contributed by atoms with Gasteiger partial charge < -0.3 is 4.57 Å². The Morgan fingerprint density at radius 1 is 1.42 bits per heavy atom. The second kappa shape index (κ2) is 4.95. The minimum Gasteiger partial charge on any atom is -0.324 e. The Morgan fingerprint density at radius 2 is 2.21 bits per heavy atom. The average Bonchev–Trinajstić information content (AvgIpc) is 2.93. The molecule has 2 unspecified atom stereocenters. The lowest BCUT2D eigenvalue weighted by atomic mass is 10.1. The van der Waals surface area contributed by atoms with E-state index in [1.807, 2.05) is 0 Å². The number of rotatable bonds is 2. The fourth-order valence-electron chi connectivity index (χ4n) is 3.05. The zero-order chi connectivity index (χ0) is 13.6. The summed E-state index contributed by atoms with van der Waals surface area (Å²) in [4.78, 5) is 4.48. The molecule has 0 N–H and O–H groups in total. The van der Waals surface area contributed by atoms with E-state index in [0.29, 0.717) is 17.8 Å². The first-order valence-electron chi connectivity index (χ1n) is 6.52. The smallest absolute Gasteiger partial charge is 0.144 e. The molecule has 0 bridgehead atoms. The summed E-state index contributed by atoms with van der Waals surface area (Å²) in [7, 11) is 0. The number of fused-ring (bicyclic) bond motifs is 1. The molecule has 1 saturated carbocycles. The highest BCUT2D eigenvalue weighted by Gasteiger charge is 2.26. The van der Waals surface area contributed by atoms with Gasteiger partial charge in [-0.25, -0.2) is 9.37 Å². The molecule has 1 aliphatic rings. The predicted octanol–water partition coefficient (Wildman–Crippen LogP) is 4.93. The molecule has 2 atom stereocenters. The maximum atomic E-state index is 13.7. The first kappa shape index (κ1) is 13.2. The van der Waals surface area contributed by atoms with Crippen molar-refractivity contribution in [2.24, 2.45) is 5.92 Å². The third kappa shape index (κ3) is 2.23. The number of aromatic nitrogens is 2. The highest BCUT2D eigenvalue weighted by molar-refractivity contribution is 6.31. The highest BCUT2D eigenvalue weighted by Crippen LogP contribution is 2.38. The van der Waals surface area contributed by atoms with Crippen LogP contribution in [0.1, 0.15) is 38.1 Å². The summed E-state index contributed by atoms with van der Waals surface area (Å²) >= 11 is 11.8. The van der Waals surface area contributed by atoms with Crippen molar-refractivity contribution in [3.05, 3.63) is 28.8 Å². The van der Waals surface area contributed by atoms with Crippen LogP contribution in [0, 0.1) is 11.7 Å². The maximum absolute atomic E-state index is 13.7. The molecule has 1 fully saturated rings. The zero-order valence-electron chi connectivity index (χ0n) is 10.7. The van der Waals surface area contributed by atoms with Gasteiger partial charge in [-0.2, -0.15) is 0 Å². The van der Waals surface area contributed by atoms with Crippen LogP contribution in [0.5, 0.6) is 0 Å². The van der Waals surface area contributed by atoms with Crippen molar-refractivity contribution in [1.29, 1.82) is 0 Å². The lowest BCUT2D eigenvalue weighted by Crippen LogP contribution is -2.08. The van der Waals surface area contributed by atoms with Crippen LogP contribution >= 0.6 is 23.2 Å². The van der Waals surface area contributed by atoms with Crippen LogP contribution in [0.25, 0.3) is 11.0 Å². The van der Waals surface area contributed by atoms with E-state index in [1.165, 1.54) is 12.5 Å². The number of benzene rings is 1. The summed E-state index contributed by atoms with van der Waals surface area (Å²) in [6, 6.07) is 3.43. The summed E-state index contributed by atoms with van der Waals surface area (Å²) in [6.45, 7) is 2.25. The first-order valence-corrected chi connectivity index (χ1v) is 7.43. The number of imidazole rings is 1. The number of hydrogen-bond donors (Lipinski definition) is 0. The molecule has 2 nitrogen and oxygen atoms in total. The van der Waals surface area contributed by atoms with Crippen LogP contribution < -0.4 is 0 Å². The van der Waals surface area contributed by atoms with E-state index in [0.717, 1.165) is 29.7 Å². The van der Waals surface area contributed by atoms with Crippen LogP contribution in [-0.2, 0) is 5.88 Å². The van der Waals surface area contributed by atoms with Gasteiger partial charge in [-0.1, -0.05) is 18.5 Å². The summed E-state index contributed by atoms with van der Waals surface area (Å²) in [5, 5.41) is 0.109. The fourth-order valence-corrected chi connectivity index (χ4v) is 3.40. The van der Waals surface area contributed by atoms with Gasteiger partial charge in [0.05, 0.1) is 21.9 Å². The Kier molecular flexibility index (Phi) is 3.44. The van der Waals surface area contributed by atoms with Crippen LogP contribution in [0.4, 0.5) is 4.39 Å². The molecule has 2 aromatic rings. The van der Waals surface area contributed by atoms with Crippen molar-refractivity contribution in [3.8, 4) is 0 Å². The minimum absolute atomic E-state index is 0.109. The molecule has 3 rings (SSSR count). The molecule has 1 aromatic heterocycles. The molecule has 1 aromatic carbocycles. The summed E-state index contributed by atoms with van der Waals surface area (Å²) in [6.07, 6.45) is 3.39. The fraction of sp³-hybridized carbons (Fsp3) is 0.500. The van der Waals surface area contributed by atoms with Gasteiger partial charge in [0.1, 0.15) is 11.6 Å². The highest BCUT2D eigenvalue weighted by atomic mass is 35.5. The van der Waals surface area contributed by atoms with Gasteiger partial charge in [-0.15, -0.1) is 11.6 Å². The third-order valence-corrected chi connectivity index (χ3v) is 4.49. The van der Waals surface area contributed by atoms with Gasteiger partial charge in [-0.3, -0.25) is 0 Å². The normalized spacial score (nSPS) is 23.4. The van der Waals surface area contributed by atoms with E-state index in [2.05, 4.69) is 16.5 Å². The summed E-state index contributed by atoms with van der Waals surface area (Å²) in [5.41, 5.74) is 1.53. The van der Waals surface area contributed by atoms with Crippen LogP contribution in [-0.4, -0.2) is 9.55 Å². The van der Waals surface area contributed by atoms with Gasteiger partial charge in [0.2, 0.25) is 0 Å². The Morgan fingerprint density at radius 3 is 2.84 bits per heavy atom. The predicted molar refractivity (Wildman–Crippen MR) is 76.3 cm³/mol. The largest absolute Gasteiger partial charge is 0.324 e. The molecule has 19 heavy (non-hydrogen) atoms. The Balaban J connectivity index is 2.18. The van der Waals surface area contributed by atoms with Crippen molar-refractivity contribution in [1.82, 2.24) is 9.55 Å². The topological polar surface area (TPSA) is 17.8 Å². The van der Waals surface area contributed by atoms with Gasteiger partial charge in [0.15, 0.2) is 0 Å². The summed E-state index contributed by atoms with van der Waals surface area (Å²) in [5.74, 6) is 1.43. The Bertz CT molecular complexity index is 623. The number of nitrogens with zero attached hydrogens (tertiary/aromatic N) is 2. The standard InChI is InChI=1S/C14H15Cl2FN2/c1-8-2-3-9(4-8)19-13-6-11(17)10(16)5-12(13)18-14(19)7-15/h5-6,8-9H,2-4,7H2,1H3. The van der Waals surface area contributed by atoms with E-state index in [9.17, 15) is 4.39 Å². The molecular formula is C14H15Cl2FN2. The molecular weight excluding hydrogens is 286 g/mol. The molecule has 0 amide bonds. The molecule has 1 heterocycles. The lowest BCUT2D eigenvalue weighted by molar-refractivity contribution is 0.493. The average molecular weight is 301 g/mol. The Labute approximate surface area is 121 Å². The molecule has 1 aliphatic carbocycles. The van der Waals surface area contributed by atoms with Crippen molar-refractivity contribution in [3.63, 3.8) is 0 Å². The third-order valence-electron chi connectivity index (χ3n) is 3.96. The van der Waals surface area contributed by atoms with Crippen LogP contribution in [0.3, 0.4) is 0 Å². The van der Waals surface area contributed by atoms with Crippen molar-refractivity contribution in [2.75, 3.05) is 0 Å². The van der Waals surface area contributed by atoms with Gasteiger partial charge in [0, 0.05) is 12.1 Å². The monoisotopic (exact) mass is 300 g/mol. The van der Waals surface area contributed by atoms with Crippen molar-refractivity contribution >= 4 is 34.2 Å². The van der Waals surface area contributed by atoms with E-state index in [-0.39, 0.29) is 5.02 Å². The number of hydrogen-bond acceptors (Lipinski definition) is 1. The maximum Gasteiger partial charge on any atom is 0.144 e. The molecule has 0 aliphatic heterocycles. The second-order valence-electron chi connectivity index (χ2n) is 5.36. The molecule has 5 heteroatoms. The SMILES string of the molecule is CC1CCC(n2c(CCl)nc3cc(Cl)c(F)cc32)C1. The van der Waals surface area contributed by atoms with Crippen molar-refractivity contribution < 1.29 is 4.39 Å². The molecule has 0 spiro atoms. The van der Waals surface area contributed by atoms with E-state index in [1.54, 1.807) is 6.07 Å². The molecule has 102 valence electrons. The number of alkyl halides is 1. The Hall–Kier alpha value is -0.800. The van der Waals surface area contributed by atoms with Crippen molar-refractivity contribution in [2.45, 2.75) is 38.1 Å². The summed E-state index contributed by atoms with van der Waals surface area (Å²) < 4.78 is 15.8. The van der Waals surface area contributed by atoms with Crippen LogP contribution in [0.15, 0.2) is 12.1 Å². The van der Waals surface area contributed by atoms with Gasteiger partial charge in [-0.05, 0) is 31.2 Å². The number of halogens is 3. The lowest BCUT2D eigenvalue weighted by Gasteiger charge is -2.16. The molecule has 0 radical (unpaired) electrons. The van der Waals surface area contributed by atoms with Gasteiger partial charge >= 0.3 is 0 Å².